The van der Waals surface area contributed by atoms with Crippen LogP contribution in [0.1, 0.15) is 10.4 Å². The zero-order chi connectivity index (χ0) is 6.69. The fourth-order valence-corrected chi connectivity index (χ4v) is 0.602. The lowest BCUT2D eigenvalue weighted by atomic mass is 10.2. The fourth-order valence-electron chi connectivity index (χ4n) is 0.602. The number of benzene rings is 1. The molecule has 10 heavy (non-hydrogen) atoms. The summed E-state index contributed by atoms with van der Waals surface area (Å²) in [6, 6.07) is 8.76. The van der Waals surface area contributed by atoms with Crippen LogP contribution in [0.5, 0.6) is 0 Å². The minimum Gasteiger partial charge on any atom is -0.366 e. The topological polar surface area (TPSA) is 78.1 Å². The van der Waals surface area contributed by atoms with Gasteiger partial charge in [-0.25, -0.2) is 0 Å². The number of hydrogen-bond donors (Lipinski definition) is 2. The molecule has 3 heteroatoms. The van der Waals surface area contributed by atoms with Gasteiger partial charge in [-0.2, -0.15) is 0 Å². The second-order valence-corrected chi connectivity index (χ2v) is 1.73. The maximum absolute atomic E-state index is 10.4. The molecule has 0 aliphatic heterocycles. The molecule has 0 bridgehead atoms. The molecule has 1 aromatic rings. The first kappa shape index (κ1) is 8.65. The maximum atomic E-state index is 10.4. The lowest BCUT2D eigenvalue weighted by Gasteiger charge is -1.89. The number of carbonyl (C=O) groups is 1. The Morgan fingerprint density at radius 1 is 1.20 bits per heavy atom. The zero-order valence-corrected chi connectivity index (χ0v) is 5.58. The summed E-state index contributed by atoms with van der Waals surface area (Å²) in [5.74, 6) is -0.379. The van der Waals surface area contributed by atoms with Crippen LogP contribution in [-0.2, 0) is 0 Å². The van der Waals surface area contributed by atoms with Crippen molar-refractivity contribution in [1.82, 2.24) is 6.15 Å². The molecule has 0 saturated heterocycles. The molecule has 0 radical (unpaired) electrons. The summed E-state index contributed by atoms with van der Waals surface area (Å²) >= 11 is 0. The number of primary amides is 1. The van der Waals surface area contributed by atoms with Crippen LogP contribution in [0, 0.1) is 0 Å². The van der Waals surface area contributed by atoms with Crippen LogP contribution in [0.4, 0.5) is 0 Å². The average molecular weight is 138 g/mol. The fraction of sp³-hybridized carbons (Fsp3) is 0. The van der Waals surface area contributed by atoms with Crippen LogP contribution in [0.25, 0.3) is 0 Å². The number of rotatable bonds is 1. The molecule has 0 fully saturated rings. The normalized spacial score (nSPS) is 8.00. The van der Waals surface area contributed by atoms with Gasteiger partial charge in [0.05, 0.1) is 0 Å². The van der Waals surface area contributed by atoms with Crippen molar-refractivity contribution in [3.63, 3.8) is 0 Å². The second kappa shape index (κ2) is 3.63. The van der Waals surface area contributed by atoms with E-state index in [1.807, 2.05) is 6.07 Å². The molecule has 0 spiro atoms. The summed E-state index contributed by atoms with van der Waals surface area (Å²) in [5, 5.41) is 0. The Kier molecular flexibility index (Phi) is 3.14. The van der Waals surface area contributed by atoms with Crippen molar-refractivity contribution in [2.75, 3.05) is 0 Å². The predicted octanol–water partition coefficient (Wildman–Crippen LogP) is 0.947. The number of nitrogens with two attached hydrogens (primary N) is 1. The third kappa shape index (κ3) is 1.87. The van der Waals surface area contributed by atoms with E-state index in [-0.39, 0.29) is 12.1 Å². The molecule has 1 amide bonds. The SMILES string of the molecule is N.NC(=O)c1ccccc1. The van der Waals surface area contributed by atoms with Gasteiger partial charge in [-0.1, -0.05) is 18.2 Å². The van der Waals surface area contributed by atoms with E-state index in [1.54, 1.807) is 24.3 Å². The minimum atomic E-state index is -0.379. The van der Waals surface area contributed by atoms with Gasteiger partial charge < -0.3 is 11.9 Å². The summed E-state index contributed by atoms with van der Waals surface area (Å²) in [4.78, 5) is 10.4. The molecule has 0 atom stereocenters. The molecule has 0 saturated carbocycles. The van der Waals surface area contributed by atoms with Gasteiger partial charge in [0, 0.05) is 5.56 Å². The highest BCUT2D eigenvalue weighted by Crippen LogP contribution is 1.94. The van der Waals surface area contributed by atoms with E-state index >= 15 is 0 Å². The van der Waals surface area contributed by atoms with E-state index in [9.17, 15) is 4.79 Å². The largest absolute Gasteiger partial charge is 0.366 e. The molecular weight excluding hydrogens is 128 g/mol. The van der Waals surface area contributed by atoms with Crippen molar-refractivity contribution in [3.8, 4) is 0 Å². The molecule has 0 aliphatic carbocycles. The zero-order valence-electron chi connectivity index (χ0n) is 5.58. The summed E-state index contributed by atoms with van der Waals surface area (Å²) in [7, 11) is 0. The number of hydrogen-bond acceptors (Lipinski definition) is 2. The summed E-state index contributed by atoms with van der Waals surface area (Å²) in [6.45, 7) is 0. The molecule has 1 aromatic carbocycles. The van der Waals surface area contributed by atoms with Crippen molar-refractivity contribution in [2.24, 2.45) is 5.73 Å². The van der Waals surface area contributed by atoms with Gasteiger partial charge in [0.2, 0.25) is 5.91 Å². The quantitative estimate of drug-likeness (QED) is 0.605. The summed E-state index contributed by atoms with van der Waals surface area (Å²) in [6.07, 6.45) is 0. The Labute approximate surface area is 59.4 Å². The van der Waals surface area contributed by atoms with Gasteiger partial charge in [0.1, 0.15) is 0 Å². The standard InChI is InChI=1S/C7H7NO.H3N/c8-7(9)6-4-2-1-3-5-6;/h1-5H,(H2,8,9);1H3. The van der Waals surface area contributed by atoms with Gasteiger partial charge >= 0.3 is 0 Å². The third-order valence-electron chi connectivity index (χ3n) is 1.06. The maximum Gasteiger partial charge on any atom is 0.248 e. The van der Waals surface area contributed by atoms with Crippen molar-refractivity contribution in [3.05, 3.63) is 35.9 Å². The summed E-state index contributed by atoms with van der Waals surface area (Å²) in [5.41, 5.74) is 5.53. The van der Waals surface area contributed by atoms with Gasteiger partial charge in [-0.15, -0.1) is 0 Å². The Bertz CT molecular complexity index is 208. The van der Waals surface area contributed by atoms with Gasteiger partial charge in [-0.05, 0) is 12.1 Å². The highest BCUT2D eigenvalue weighted by molar-refractivity contribution is 5.92. The Balaban J connectivity index is 0.000000810. The van der Waals surface area contributed by atoms with Crippen LogP contribution in [0.3, 0.4) is 0 Å². The van der Waals surface area contributed by atoms with Crippen molar-refractivity contribution >= 4 is 5.91 Å². The van der Waals surface area contributed by atoms with E-state index < -0.39 is 0 Å². The molecule has 0 aromatic heterocycles. The monoisotopic (exact) mass is 138 g/mol. The van der Waals surface area contributed by atoms with Crippen molar-refractivity contribution in [2.45, 2.75) is 0 Å². The Morgan fingerprint density at radius 3 is 2.00 bits per heavy atom. The van der Waals surface area contributed by atoms with Crippen LogP contribution in [0.15, 0.2) is 30.3 Å². The molecule has 3 nitrogen and oxygen atoms in total. The Morgan fingerprint density at radius 2 is 1.70 bits per heavy atom. The Hall–Kier alpha value is -1.35. The van der Waals surface area contributed by atoms with Gasteiger partial charge in [0.25, 0.3) is 0 Å². The second-order valence-electron chi connectivity index (χ2n) is 1.73. The van der Waals surface area contributed by atoms with E-state index in [4.69, 9.17) is 5.73 Å². The van der Waals surface area contributed by atoms with Crippen molar-refractivity contribution < 1.29 is 4.79 Å². The predicted molar refractivity (Wildman–Crippen MR) is 40.0 cm³/mol. The van der Waals surface area contributed by atoms with Crippen molar-refractivity contribution in [1.29, 1.82) is 0 Å². The van der Waals surface area contributed by atoms with Gasteiger partial charge in [0.15, 0.2) is 0 Å². The minimum absolute atomic E-state index is 0. The highest BCUT2D eigenvalue weighted by atomic mass is 16.1. The van der Waals surface area contributed by atoms with E-state index in [2.05, 4.69) is 0 Å². The lowest BCUT2D eigenvalue weighted by Crippen LogP contribution is -2.09. The smallest absolute Gasteiger partial charge is 0.248 e. The van der Waals surface area contributed by atoms with Crippen LogP contribution in [0.2, 0.25) is 0 Å². The first-order valence-electron chi connectivity index (χ1n) is 2.65. The molecule has 0 unspecified atom stereocenters. The van der Waals surface area contributed by atoms with Crippen LogP contribution in [-0.4, -0.2) is 5.91 Å². The number of amides is 1. The first-order chi connectivity index (χ1) is 4.30. The van der Waals surface area contributed by atoms with E-state index in [0.717, 1.165) is 0 Å². The molecule has 0 aliphatic rings. The third-order valence-corrected chi connectivity index (χ3v) is 1.06. The average Bonchev–Trinajstić information content (AvgIpc) is 1.90. The summed E-state index contributed by atoms with van der Waals surface area (Å²) < 4.78 is 0. The number of carbonyl (C=O) groups excluding carboxylic acids is 1. The molecule has 1 rings (SSSR count). The molecule has 5 N–H and O–H groups in total. The van der Waals surface area contributed by atoms with E-state index in [1.165, 1.54) is 0 Å². The van der Waals surface area contributed by atoms with E-state index in [0.29, 0.717) is 5.56 Å². The van der Waals surface area contributed by atoms with Crippen LogP contribution >= 0.6 is 0 Å². The first-order valence-corrected chi connectivity index (χ1v) is 2.65. The molecule has 54 valence electrons. The molecule has 0 heterocycles. The van der Waals surface area contributed by atoms with Crippen LogP contribution < -0.4 is 11.9 Å². The lowest BCUT2D eigenvalue weighted by molar-refractivity contribution is 0.100. The highest BCUT2D eigenvalue weighted by Gasteiger charge is 1.93. The molecular formula is C7H10N2O. The van der Waals surface area contributed by atoms with Gasteiger partial charge in [-0.3, -0.25) is 4.79 Å².